The second-order valence-electron chi connectivity index (χ2n) is 5.78. The van der Waals surface area contributed by atoms with E-state index >= 15 is 0 Å². The van der Waals surface area contributed by atoms with Crippen molar-refractivity contribution in [3.8, 4) is 5.75 Å². The molecular weight excluding hydrogens is 322 g/mol. The van der Waals surface area contributed by atoms with E-state index in [1.54, 1.807) is 36.4 Å². The van der Waals surface area contributed by atoms with Crippen LogP contribution in [0.3, 0.4) is 0 Å². The number of rotatable bonds is 6. The number of carbonyl (C=O) groups is 2. The lowest BCUT2D eigenvalue weighted by atomic mass is 10.1. The molecule has 0 saturated carbocycles. The minimum Gasteiger partial charge on any atom is -0.491 e. The summed E-state index contributed by atoms with van der Waals surface area (Å²) in [6.45, 7) is 1.30. The van der Waals surface area contributed by atoms with Crippen LogP contribution in [0.5, 0.6) is 5.75 Å². The van der Waals surface area contributed by atoms with Gasteiger partial charge in [-0.25, -0.2) is 4.79 Å². The predicted octanol–water partition coefficient (Wildman–Crippen LogP) is 3.19. The summed E-state index contributed by atoms with van der Waals surface area (Å²) < 4.78 is 11.2. The zero-order valence-electron chi connectivity index (χ0n) is 13.6. The Labute approximate surface area is 145 Å². The maximum Gasteiger partial charge on any atom is 0.336 e. The molecule has 1 unspecified atom stereocenters. The summed E-state index contributed by atoms with van der Waals surface area (Å²) >= 11 is 0. The van der Waals surface area contributed by atoms with Gasteiger partial charge in [-0.05, 0) is 49.2 Å². The number of carbonyl (C=O) groups excluding carboxylic acids is 1. The third kappa shape index (κ3) is 4.36. The van der Waals surface area contributed by atoms with Gasteiger partial charge in [-0.1, -0.05) is 12.1 Å². The number of nitrogens with one attached hydrogen (secondary N) is 1. The van der Waals surface area contributed by atoms with E-state index < -0.39 is 11.9 Å². The SMILES string of the molecule is O=C(O)c1ccccc1C(=O)Nc1ccc(OCC2CCCO2)cc1. The van der Waals surface area contributed by atoms with Gasteiger partial charge in [0.15, 0.2) is 0 Å². The van der Waals surface area contributed by atoms with E-state index in [0.29, 0.717) is 18.0 Å². The molecule has 2 N–H and O–H groups in total. The minimum atomic E-state index is -1.14. The summed E-state index contributed by atoms with van der Waals surface area (Å²) in [5.74, 6) is -0.908. The van der Waals surface area contributed by atoms with Crippen molar-refractivity contribution in [1.82, 2.24) is 0 Å². The molecule has 1 aliphatic rings. The summed E-state index contributed by atoms with van der Waals surface area (Å²) in [7, 11) is 0. The summed E-state index contributed by atoms with van der Waals surface area (Å²) in [5.41, 5.74) is 0.653. The molecule has 6 nitrogen and oxygen atoms in total. The Morgan fingerprint density at radius 1 is 1.12 bits per heavy atom. The summed E-state index contributed by atoms with van der Waals surface area (Å²) in [6, 6.07) is 13.0. The number of ether oxygens (including phenoxy) is 2. The second-order valence-corrected chi connectivity index (χ2v) is 5.78. The van der Waals surface area contributed by atoms with E-state index in [4.69, 9.17) is 14.6 Å². The Balaban J connectivity index is 1.61. The normalized spacial score (nSPS) is 16.4. The maximum atomic E-state index is 12.3. The molecule has 0 aliphatic carbocycles. The third-order valence-electron chi connectivity index (χ3n) is 3.97. The van der Waals surface area contributed by atoms with E-state index in [1.807, 2.05) is 0 Å². The van der Waals surface area contributed by atoms with Crippen LogP contribution in [0, 0.1) is 0 Å². The van der Waals surface area contributed by atoms with Gasteiger partial charge in [0.1, 0.15) is 12.4 Å². The second kappa shape index (κ2) is 7.81. The van der Waals surface area contributed by atoms with Crippen molar-refractivity contribution >= 4 is 17.6 Å². The fraction of sp³-hybridized carbons (Fsp3) is 0.263. The quantitative estimate of drug-likeness (QED) is 0.843. The van der Waals surface area contributed by atoms with Crippen LogP contribution in [0.2, 0.25) is 0 Å². The van der Waals surface area contributed by atoms with E-state index in [-0.39, 0.29) is 17.2 Å². The molecular formula is C19H19NO5. The first kappa shape index (κ1) is 17.0. The van der Waals surface area contributed by atoms with Crippen molar-refractivity contribution < 1.29 is 24.2 Å². The summed E-state index contributed by atoms with van der Waals surface area (Å²) in [5, 5.41) is 11.9. The monoisotopic (exact) mass is 341 g/mol. The van der Waals surface area contributed by atoms with Crippen molar-refractivity contribution in [3.63, 3.8) is 0 Å². The minimum absolute atomic E-state index is 0.0310. The Bertz CT molecular complexity index is 751. The lowest BCUT2D eigenvalue weighted by molar-refractivity contribution is 0.0679. The number of carboxylic acids is 1. The summed E-state index contributed by atoms with van der Waals surface area (Å²) in [6.07, 6.45) is 2.22. The number of hydrogen-bond acceptors (Lipinski definition) is 4. The molecule has 1 amide bonds. The molecule has 3 rings (SSSR count). The van der Waals surface area contributed by atoms with Crippen LogP contribution >= 0.6 is 0 Å². The standard InChI is InChI=1S/C19H19NO5/c21-18(16-5-1-2-6-17(16)19(22)23)20-13-7-9-14(10-8-13)25-12-15-4-3-11-24-15/h1-2,5-10,15H,3-4,11-12H2,(H,20,21)(H,22,23). The van der Waals surface area contributed by atoms with Crippen LogP contribution in [0.4, 0.5) is 5.69 Å². The van der Waals surface area contributed by atoms with Gasteiger partial charge >= 0.3 is 5.97 Å². The number of benzene rings is 2. The van der Waals surface area contributed by atoms with E-state index in [1.165, 1.54) is 12.1 Å². The van der Waals surface area contributed by atoms with Gasteiger partial charge in [0.2, 0.25) is 0 Å². The fourth-order valence-corrected chi connectivity index (χ4v) is 2.67. The van der Waals surface area contributed by atoms with Gasteiger partial charge in [-0.2, -0.15) is 0 Å². The van der Waals surface area contributed by atoms with E-state index in [2.05, 4.69) is 5.32 Å². The largest absolute Gasteiger partial charge is 0.491 e. The van der Waals surface area contributed by atoms with Crippen molar-refractivity contribution in [2.24, 2.45) is 0 Å². The first-order chi connectivity index (χ1) is 12.1. The number of carboxylic acid groups (broad SMARTS) is 1. The van der Waals surface area contributed by atoms with Gasteiger partial charge in [0.05, 0.1) is 17.2 Å². The van der Waals surface area contributed by atoms with Gasteiger partial charge in [0.25, 0.3) is 5.91 Å². The average molecular weight is 341 g/mol. The average Bonchev–Trinajstić information content (AvgIpc) is 3.14. The van der Waals surface area contributed by atoms with Crippen molar-refractivity contribution in [3.05, 3.63) is 59.7 Å². The lowest BCUT2D eigenvalue weighted by Crippen LogP contribution is -2.17. The number of aromatic carboxylic acids is 1. The van der Waals surface area contributed by atoms with E-state index in [0.717, 1.165) is 19.4 Å². The van der Waals surface area contributed by atoms with Crippen molar-refractivity contribution in [1.29, 1.82) is 0 Å². The highest BCUT2D eigenvalue weighted by Crippen LogP contribution is 2.19. The Morgan fingerprint density at radius 3 is 2.48 bits per heavy atom. The van der Waals surface area contributed by atoms with Crippen LogP contribution < -0.4 is 10.1 Å². The van der Waals surface area contributed by atoms with Crippen LogP contribution in [0.25, 0.3) is 0 Å². The lowest BCUT2D eigenvalue weighted by Gasteiger charge is -2.12. The molecule has 0 radical (unpaired) electrons. The van der Waals surface area contributed by atoms with E-state index in [9.17, 15) is 9.59 Å². The van der Waals surface area contributed by atoms with Gasteiger partial charge in [-0.3, -0.25) is 4.79 Å². The van der Waals surface area contributed by atoms with Gasteiger partial charge in [-0.15, -0.1) is 0 Å². The van der Waals surface area contributed by atoms with Crippen molar-refractivity contribution in [2.45, 2.75) is 18.9 Å². The Kier molecular flexibility index (Phi) is 5.30. The molecule has 2 aromatic carbocycles. The highest BCUT2D eigenvalue weighted by molar-refractivity contribution is 6.10. The molecule has 130 valence electrons. The highest BCUT2D eigenvalue weighted by Gasteiger charge is 2.17. The molecule has 0 bridgehead atoms. The molecule has 6 heteroatoms. The Morgan fingerprint density at radius 2 is 1.84 bits per heavy atom. The predicted molar refractivity (Wildman–Crippen MR) is 92.3 cm³/mol. The number of amides is 1. The Hall–Kier alpha value is -2.86. The van der Waals surface area contributed by atoms with Crippen LogP contribution in [0.1, 0.15) is 33.6 Å². The first-order valence-corrected chi connectivity index (χ1v) is 8.11. The molecule has 1 saturated heterocycles. The highest BCUT2D eigenvalue weighted by atomic mass is 16.5. The molecule has 2 aromatic rings. The molecule has 0 aromatic heterocycles. The number of hydrogen-bond donors (Lipinski definition) is 2. The van der Waals surface area contributed by atoms with Gasteiger partial charge in [0, 0.05) is 12.3 Å². The summed E-state index contributed by atoms with van der Waals surface area (Å²) in [4.78, 5) is 23.5. The molecule has 0 spiro atoms. The van der Waals surface area contributed by atoms with Crippen LogP contribution in [0.15, 0.2) is 48.5 Å². The smallest absolute Gasteiger partial charge is 0.336 e. The fourth-order valence-electron chi connectivity index (χ4n) is 2.67. The van der Waals surface area contributed by atoms with Gasteiger partial charge < -0.3 is 19.9 Å². The van der Waals surface area contributed by atoms with Crippen molar-refractivity contribution in [2.75, 3.05) is 18.5 Å². The van der Waals surface area contributed by atoms with Crippen LogP contribution in [-0.4, -0.2) is 36.3 Å². The molecule has 1 fully saturated rings. The third-order valence-corrected chi connectivity index (χ3v) is 3.97. The number of anilines is 1. The topological polar surface area (TPSA) is 84.9 Å². The van der Waals surface area contributed by atoms with Crippen LogP contribution in [-0.2, 0) is 4.74 Å². The molecule has 1 aliphatic heterocycles. The molecule has 1 heterocycles. The zero-order chi connectivity index (χ0) is 17.6. The first-order valence-electron chi connectivity index (χ1n) is 8.11. The molecule has 25 heavy (non-hydrogen) atoms. The molecule has 1 atom stereocenters. The zero-order valence-corrected chi connectivity index (χ0v) is 13.6. The maximum absolute atomic E-state index is 12.3.